The molecule has 0 spiro atoms. The molecule has 0 aliphatic carbocycles. The van der Waals surface area contributed by atoms with Gasteiger partial charge in [0.2, 0.25) is 0 Å². The van der Waals surface area contributed by atoms with Gasteiger partial charge in [0.1, 0.15) is 17.5 Å². The first-order chi connectivity index (χ1) is 13.1. The van der Waals surface area contributed by atoms with Gasteiger partial charge in [0.25, 0.3) is 0 Å². The number of H-pyrrole nitrogens is 1. The Bertz CT molecular complexity index is 923. The van der Waals surface area contributed by atoms with Crippen LogP contribution in [0.1, 0.15) is 23.0 Å². The standard InChI is InChI=1S/C21H21F2N3O/c1-14-2-4-15(5-3-14)12-26-8-9-27-13-20(26)21-24-11-19(25-21)17-7-6-16(22)10-18(17)23/h2-7,10-11,20H,8-9,12-13H2,1H3,(H,24,25). The SMILES string of the molecule is Cc1ccc(CN2CCOCC2c2ncc(-c3ccc(F)cc3F)[nH]2)cc1. The van der Waals surface area contributed by atoms with Gasteiger partial charge in [-0.3, -0.25) is 4.90 Å². The summed E-state index contributed by atoms with van der Waals surface area (Å²) in [6.07, 6.45) is 1.59. The van der Waals surface area contributed by atoms with Crippen LogP contribution in [0.25, 0.3) is 11.3 Å². The first-order valence-electron chi connectivity index (χ1n) is 8.98. The number of imidazole rings is 1. The van der Waals surface area contributed by atoms with Crippen LogP contribution in [0, 0.1) is 18.6 Å². The number of nitrogens with zero attached hydrogens (tertiary/aromatic N) is 2. The summed E-state index contributed by atoms with van der Waals surface area (Å²) in [7, 11) is 0. The molecule has 3 aromatic rings. The number of aryl methyl sites for hydroxylation is 1. The van der Waals surface area contributed by atoms with Crippen molar-refractivity contribution < 1.29 is 13.5 Å². The molecule has 2 heterocycles. The Morgan fingerprint density at radius 2 is 2.00 bits per heavy atom. The lowest BCUT2D eigenvalue weighted by Crippen LogP contribution is -2.39. The predicted molar refractivity (Wildman–Crippen MR) is 99.1 cm³/mol. The molecule has 0 amide bonds. The van der Waals surface area contributed by atoms with E-state index in [9.17, 15) is 8.78 Å². The number of benzene rings is 2. The van der Waals surface area contributed by atoms with E-state index in [1.807, 2.05) is 0 Å². The lowest BCUT2D eigenvalue weighted by Gasteiger charge is -2.34. The van der Waals surface area contributed by atoms with Crippen LogP contribution in [0.2, 0.25) is 0 Å². The van der Waals surface area contributed by atoms with E-state index in [1.54, 1.807) is 6.20 Å². The summed E-state index contributed by atoms with van der Waals surface area (Å²) >= 11 is 0. The van der Waals surface area contributed by atoms with Crippen molar-refractivity contribution >= 4 is 0 Å². The molecular weight excluding hydrogens is 348 g/mol. The van der Waals surface area contributed by atoms with Crippen LogP contribution in [0.15, 0.2) is 48.7 Å². The number of aromatic nitrogens is 2. The van der Waals surface area contributed by atoms with Gasteiger partial charge in [-0.15, -0.1) is 0 Å². The Balaban J connectivity index is 1.57. The second-order valence-corrected chi connectivity index (χ2v) is 6.85. The lowest BCUT2D eigenvalue weighted by molar-refractivity contribution is -0.0156. The number of halogens is 2. The number of nitrogens with one attached hydrogen (secondary N) is 1. The number of ether oxygens (including phenoxy) is 1. The molecule has 6 heteroatoms. The van der Waals surface area contributed by atoms with E-state index in [4.69, 9.17) is 4.74 Å². The van der Waals surface area contributed by atoms with Gasteiger partial charge in [-0.25, -0.2) is 13.8 Å². The summed E-state index contributed by atoms with van der Waals surface area (Å²) in [4.78, 5) is 9.94. The van der Waals surface area contributed by atoms with Crippen molar-refractivity contribution in [3.63, 3.8) is 0 Å². The molecule has 1 aliphatic rings. The number of aromatic amines is 1. The number of morpholine rings is 1. The van der Waals surface area contributed by atoms with Crippen LogP contribution >= 0.6 is 0 Å². The van der Waals surface area contributed by atoms with E-state index in [0.29, 0.717) is 24.5 Å². The van der Waals surface area contributed by atoms with Gasteiger partial charge in [0, 0.05) is 24.7 Å². The van der Waals surface area contributed by atoms with Crippen molar-refractivity contribution in [3.05, 3.63) is 77.2 Å². The van der Waals surface area contributed by atoms with Crippen molar-refractivity contribution in [1.29, 1.82) is 0 Å². The zero-order chi connectivity index (χ0) is 18.8. The molecule has 1 N–H and O–H groups in total. The van der Waals surface area contributed by atoms with Crippen molar-refractivity contribution in [2.24, 2.45) is 0 Å². The third kappa shape index (κ3) is 3.91. The Kier molecular flexibility index (Phi) is 5.01. The molecule has 4 rings (SSSR count). The van der Waals surface area contributed by atoms with Gasteiger partial charge in [-0.2, -0.15) is 0 Å². The summed E-state index contributed by atoms with van der Waals surface area (Å²) in [5, 5.41) is 0. The van der Waals surface area contributed by atoms with Crippen LogP contribution < -0.4 is 0 Å². The molecule has 27 heavy (non-hydrogen) atoms. The lowest BCUT2D eigenvalue weighted by atomic mass is 10.1. The van der Waals surface area contributed by atoms with E-state index in [-0.39, 0.29) is 6.04 Å². The van der Waals surface area contributed by atoms with Gasteiger partial charge in [0.05, 0.1) is 31.1 Å². The summed E-state index contributed by atoms with van der Waals surface area (Å²) in [6.45, 7) is 4.84. The monoisotopic (exact) mass is 369 g/mol. The normalized spacial score (nSPS) is 18.0. The molecule has 1 aliphatic heterocycles. The minimum Gasteiger partial charge on any atom is -0.378 e. The van der Waals surface area contributed by atoms with Crippen LogP contribution in [0.5, 0.6) is 0 Å². The van der Waals surface area contributed by atoms with Gasteiger partial charge in [0.15, 0.2) is 0 Å². The van der Waals surface area contributed by atoms with Crippen molar-refractivity contribution in [2.75, 3.05) is 19.8 Å². The largest absolute Gasteiger partial charge is 0.378 e. The van der Waals surface area contributed by atoms with Crippen LogP contribution in [-0.2, 0) is 11.3 Å². The molecule has 0 bridgehead atoms. The van der Waals surface area contributed by atoms with Crippen molar-refractivity contribution in [2.45, 2.75) is 19.5 Å². The van der Waals surface area contributed by atoms with Gasteiger partial charge in [-0.1, -0.05) is 29.8 Å². The highest BCUT2D eigenvalue weighted by atomic mass is 19.1. The summed E-state index contributed by atoms with van der Waals surface area (Å²) in [5.74, 6) is -0.483. The molecule has 1 saturated heterocycles. The maximum Gasteiger partial charge on any atom is 0.135 e. The zero-order valence-electron chi connectivity index (χ0n) is 15.1. The Morgan fingerprint density at radius 1 is 1.19 bits per heavy atom. The predicted octanol–water partition coefficient (Wildman–Crippen LogP) is 4.24. The fourth-order valence-corrected chi connectivity index (χ4v) is 3.36. The first kappa shape index (κ1) is 17.8. The Hall–Kier alpha value is -2.57. The molecule has 0 saturated carbocycles. The van der Waals surface area contributed by atoms with E-state index >= 15 is 0 Å². The van der Waals surface area contributed by atoms with Crippen LogP contribution in [-0.4, -0.2) is 34.6 Å². The average molecular weight is 369 g/mol. The molecule has 0 radical (unpaired) electrons. The molecule has 1 fully saturated rings. The van der Waals surface area contributed by atoms with Gasteiger partial charge < -0.3 is 9.72 Å². The van der Waals surface area contributed by atoms with Crippen molar-refractivity contribution in [1.82, 2.24) is 14.9 Å². The smallest absolute Gasteiger partial charge is 0.135 e. The topological polar surface area (TPSA) is 41.1 Å². The second-order valence-electron chi connectivity index (χ2n) is 6.85. The highest BCUT2D eigenvalue weighted by Crippen LogP contribution is 2.28. The molecule has 2 aromatic carbocycles. The summed E-state index contributed by atoms with van der Waals surface area (Å²) in [5.41, 5.74) is 3.29. The zero-order valence-corrected chi connectivity index (χ0v) is 15.1. The Morgan fingerprint density at radius 3 is 2.78 bits per heavy atom. The van der Waals surface area contributed by atoms with E-state index < -0.39 is 11.6 Å². The van der Waals surface area contributed by atoms with E-state index in [0.717, 1.165) is 25.0 Å². The fraction of sp³-hybridized carbons (Fsp3) is 0.286. The molecule has 4 nitrogen and oxygen atoms in total. The minimum atomic E-state index is -0.610. The summed E-state index contributed by atoms with van der Waals surface area (Å²) in [6, 6.07) is 12.0. The molecule has 1 unspecified atom stereocenters. The number of rotatable bonds is 4. The third-order valence-corrected chi connectivity index (χ3v) is 4.88. The Labute approximate surface area is 156 Å². The maximum absolute atomic E-state index is 14.1. The van der Waals surface area contributed by atoms with Crippen molar-refractivity contribution in [3.8, 4) is 11.3 Å². The summed E-state index contributed by atoms with van der Waals surface area (Å²) < 4.78 is 32.9. The first-order valence-corrected chi connectivity index (χ1v) is 8.98. The van der Waals surface area contributed by atoms with Crippen LogP contribution in [0.3, 0.4) is 0 Å². The fourth-order valence-electron chi connectivity index (χ4n) is 3.36. The molecular formula is C21H21F2N3O. The molecule has 1 atom stereocenters. The van der Waals surface area contributed by atoms with Gasteiger partial charge in [-0.05, 0) is 24.6 Å². The quantitative estimate of drug-likeness (QED) is 0.748. The minimum absolute atomic E-state index is 0.0442. The van der Waals surface area contributed by atoms with Gasteiger partial charge >= 0.3 is 0 Å². The second kappa shape index (κ2) is 7.58. The third-order valence-electron chi connectivity index (χ3n) is 4.88. The number of hydrogen-bond donors (Lipinski definition) is 1. The van der Waals surface area contributed by atoms with E-state index in [2.05, 4.69) is 46.1 Å². The molecule has 140 valence electrons. The highest BCUT2D eigenvalue weighted by molar-refractivity contribution is 5.59. The maximum atomic E-state index is 14.1. The van der Waals surface area contributed by atoms with E-state index in [1.165, 1.54) is 23.3 Å². The highest BCUT2D eigenvalue weighted by Gasteiger charge is 2.27. The molecule has 1 aromatic heterocycles. The number of hydrogen-bond acceptors (Lipinski definition) is 3. The average Bonchev–Trinajstić information content (AvgIpc) is 3.14. The van der Waals surface area contributed by atoms with Crippen LogP contribution in [0.4, 0.5) is 8.78 Å².